The van der Waals surface area contributed by atoms with Crippen molar-refractivity contribution in [2.45, 2.75) is 24.5 Å². The summed E-state index contributed by atoms with van der Waals surface area (Å²) >= 11 is 1.01. The summed E-state index contributed by atoms with van der Waals surface area (Å²) in [5.41, 5.74) is -0.0760. The first-order valence-corrected chi connectivity index (χ1v) is 9.59. The molecule has 152 valence electrons. The summed E-state index contributed by atoms with van der Waals surface area (Å²) in [6, 6.07) is 2.00. The number of aromatic nitrogens is 3. The third kappa shape index (κ3) is 5.17. The van der Waals surface area contributed by atoms with Crippen LogP contribution in [0.5, 0.6) is 0 Å². The SMILES string of the molecule is Cc1sc(-c2cc(C(F)(F)F)on2)cc1S(=O)(=O)NCc1ncc[nH]1.O=CO. The molecule has 0 aliphatic rings. The van der Waals surface area contributed by atoms with Crippen molar-refractivity contribution in [3.8, 4) is 10.6 Å². The number of aryl methyl sites for hydroxylation is 1. The Kier molecular flexibility index (Phi) is 6.58. The Balaban J connectivity index is 0.000000878. The van der Waals surface area contributed by atoms with Gasteiger partial charge >= 0.3 is 6.18 Å². The molecule has 3 aromatic rings. The van der Waals surface area contributed by atoms with Gasteiger partial charge in [0.25, 0.3) is 6.47 Å². The fourth-order valence-electron chi connectivity index (χ4n) is 2.02. The van der Waals surface area contributed by atoms with E-state index in [0.717, 1.165) is 17.4 Å². The molecule has 3 aromatic heterocycles. The van der Waals surface area contributed by atoms with Crippen LogP contribution in [-0.2, 0) is 27.5 Å². The molecule has 0 unspecified atom stereocenters. The number of H-pyrrole nitrogens is 1. The number of aromatic amines is 1. The van der Waals surface area contributed by atoms with Crippen molar-refractivity contribution in [3.05, 3.63) is 41.0 Å². The Morgan fingerprint density at radius 1 is 1.39 bits per heavy atom. The minimum absolute atomic E-state index is 0.0318. The van der Waals surface area contributed by atoms with Crippen LogP contribution in [0, 0.1) is 6.92 Å². The molecule has 0 aliphatic heterocycles. The van der Waals surface area contributed by atoms with Crippen LogP contribution in [0.4, 0.5) is 13.2 Å². The van der Waals surface area contributed by atoms with Crippen molar-refractivity contribution < 1.29 is 36.0 Å². The summed E-state index contributed by atoms with van der Waals surface area (Å²) < 4.78 is 69.2. The van der Waals surface area contributed by atoms with Gasteiger partial charge < -0.3 is 14.6 Å². The van der Waals surface area contributed by atoms with Gasteiger partial charge in [0.1, 0.15) is 11.5 Å². The zero-order chi connectivity index (χ0) is 20.9. The van der Waals surface area contributed by atoms with Gasteiger partial charge in [0, 0.05) is 23.3 Å². The van der Waals surface area contributed by atoms with Crippen LogP contribution >= 0.6 is 11.3 Å². The molecule has 0 amide bonds. The Hall–Kier alpha value is -2.71. The van der Waals surface area contributed by atoms with Gasteiger partial charge in [0.2, 0.25) is 15.8 Å². The molecule has 0 aliphatic carbocycles. The number of hydrogen-bond acceptors (Lipinski definition) is 7. The van der Waals surface area contributed by atoms with Gasteiger partial charge in [-0.1, -0.05) is 5.16 Å². The van der Waals surface area contributed by atoms with Crippen LogP contribution in [0.3, 0.4) is 0 Å². The molecule has 0 fully saturated rings. The van der Waals surface area contributed by atoms with E-state index in [9.17, 15) is 21.6 Å². The number of imidazole rings is 1. The summed E-state index contributed by atoms with van der Waals surface area (Å²) in [5.74, 6) is -0.808. The number of nitrogens with one attached hydrogen (secondary N) is 2. The molecule has 3 rings (SSSR count). The minimum Gasteiger partial charge on any atom is -0.483 e. The Morgan fingerprint density at radius 2 is 2.07 bits per heavy atom. The molecule has 0 aromatic carbocycles. The summed E-state index contributed by atoms with van der Waals surface area (Å²) in [7, 11) is -3.86. The molecular formula is C14H13F3N4O5S2. The highest BCUT2D eigenvalue weighted by Gasteiger charge is 2.36. The van der Waals surface area contributed by atoms with Gasteiger partial charge in [0.05, 0.1) is 16.3 Å². The highest BCUT2D eigenvalue weighted by atomic mass is 32.2. The number of hydrogen-bond donors (Lipinski definition) is 3. The molecular weight excluding hydrogens is 425 g/mol. The van der Waals surface area contributed by atoms with Crippen LogP contribution in [0.2, 0.25) is 0 Å². The lowest BCUT2D eigenvalue weighted by Crippen LogP contribution is -2.23. The van der Waals surface area contributed by atoms with Crippen LogP contribution in [0.1, 0.15) is 16.5 Å². The van der Waals surface area contributed by atoms with E-state index in [4.69, 9.17) is 9.90 Å². The maximum absolute atomic E-state index is 12.6. The van der Waals surface area contributed by atoms with Crippen molar-refractivity contribution >= 4 is 27.8 Å². The van der Waals surface area contributed by atoms with Crippen molar-refractivity contribution in [2.24, 2.45) is 0 Å². The van der Waals surface area contributed by atoms with E-state index in [1.165, 1.54) is 12.3 Å². The molecule has 0 radical (unpaired) electrons. The van der Waals surface area contributed by atoms with E-state index in [1.54, 1.807) is 13.1 Å². The minimum atomic E-state index is -4.66. The Morgan fingerprint density at radius 3 is 2.61 bits per heavy atom. The number of nitrogens with zero attached hydrogens (tertiary/aromatic N) is 2. The molecule has 3 N–H and O–H groups in total. The summed E-state index contributed by atoms with van der Waals surface area (Å²) in [6.07, 6.45) is -1.61. The van der Waals surface area contributed by atoms with Crippen LogP contribution in [0.15, 0.2) is 33.9 Å². The fraction of sp³-hybridized carbons (Fsp3) is 0.214. The molecule has 0 saturated heterocycles. The Bertz CT molecular complexity index is 1030. The molecule has 3 heterocycles. The first-order valence-electron chi connectivity index (χ1n) is 7.29. The van der Waals surface area contributed by atoms with Gasteiger partial charge in [-0.25, -0.2) is 18.1 Å². The van der Waals surface area contributed by atoms with E-state index < -0.39 is 22.0 Å². The maximum atomic E-state index is 12.6. The predicted molar refractivity (Wildman–Crippen MR) is 90.9 cm³/mol. The van der Waals surface area contributed by atoms with Gasteiger partial charge in [0.15, 0.2) is 0 Å². The highest BCUT2D eigenvalue weighted by molar-refractivity contribution is 7.89. The molecule has 0 saturated carbocycles. The highest BCUT2D eigenvalue weighted by Crippen LogP contribution is 2.36. The number of thiophene rings is 1. The second kappa shape index (κ2) is 8.53. The number of alkyl halides is 3. The second-order valence-electron chi connectivity index (χ2n) is 5.07. The summed E-state index contributed by atoms with van der Waals surface area (Å²) in [4.78, 5) is 15.7. The maximum Gasteiger partial charge on any atom is 0.452 e. The van der Waals surface area contributed by atoms with Gasteiger partial charge in [-0.3, -0.25) is 4.79 Å². The topological polar surface area (TPSA) is 138 Å². The normalized spacial score (nSPS) is 11.7. The summed E-state index contributed by atoms with van der Waals surface area (Å²) in [6.45, 7) is 1.27. The molecule has 9 nitrogen and oxygen atoms in total. The first kappa shape index (κ1) is 21.6. The largest absolute Gasteiger partial charge is 0.483 e. The lowest BCUT2D eigenvalue weighted by atomic mass is 10.3. The smallest absolute Gasteiger partial charge is 0.452 e. The number of rotatable bonds is 5. The van der Waals surface area contributed by atoms with Crippen molar-refractivity contribution in [2.75, 3.05) is 0 Å². The molecule has 0 spiro atoms. The molecule has 14 heteroatoms. The predicted octanol–water partition coefficient (Wildman–Crippen LogP) is 2.63. The van der Waals surface area contributed by atoms with E-state index in [1.807, 2.05) is 0 Å². The number of carbonyl (C=O) groups is 1. The van der Waals surface area contributed by atoms with Crippen LogP contribution in [-0.4, -0.2) is 35.1 Å². The van der Waals surface area contributed by atoms with E-state index in [0.29, 0.717) is 10.7 Å². The Labute approximate surface area is 160 Å². The third-order valence-electron chi connectivity index (χ3n) is 3.19. The average molecular weight is 438 g/mol. The third-order valence-corrected chi connectivity index (χ3v) is 5.92. The van der Waals surface area contributed by atoms with Gasteiger partial charge in [-0.15, -0.1) is 11.3 Å². The summed E-state index contributed by atoms with van der Waals surface area (Å²) in [5, 5.41) is 10.3. The van der Waals surface area contributed by atoms with Crippen LogP contribution in [0.25, 0.3) is 10.6 Å². The van der Waals surface area contributed by atoms with Crippen molar-refractivity contribution in [3.63, 3.8) is 0 Å². The quantitative estimate of drug-likeness (QED) is 0.521. The number of carboxylic acid groups (broad SMARTS) is 1. The van der Waals surface area contributed by atoms with Gasteiger partial charge in [-0.05, 0) is 13.0 Å². The lowest BCUT2D eigenvalue weighted by molar-refractivity contribution is -0.155. The number of sulfonamides is 1. The number of halogens is 3. The van der Waals surface area contributed by atoms with E-state index in [-0.39, 0.29) is 28.5 Å². The first-order chi connectivity index (χ1) is 13.1. The standard InChI is InChI=1S/C13H11F3N4O3S2.CH2O2/c1-7-10(25(21,22)19-6-12-17-2-3-18-12)5-9(24-7)8-4-11(23-20-8)13(14,15)16;2-1-3/h2-5,19H,6H2,1H3,(H,17,18);1H,(H,2,3). The van der Waals surface area contributed by atoms with E-state index >= 15 is 0 Å². The molecule has 0 bridgehead atoms. The zero-order valence-corrected chi connectivity index (χ0v) is 15.7. The second-order valence-corrected chi connectivity index (χ2v) is 8.06. The zero-order valence-electron chi connectivity index (χ0n) is 14.0. The van der Waals surface area contributed by atoms with Gasteiger partial charge in [-0.2, -0.15) is 13.2 Å². The van der Waals surface area contributed by atoms with Crippen molar-refractivity contribution in [1.82, 2.24) is 19.8 Å². The molecule has 28 heavy (non-hydrogen) atoms. The fourth-order valence-corrected chi connectivity index (χ4v) is 4.55. The average Bonchev–Trinajstić information content (AvgIpc) is 3.33. The van der Waals surface area contributed by atoms with E-state index in [2.05, 4.69) is 24.4 Å². The monoisotopic (exact) mass is 438 g/mol. The van der Waals surface area contributed by atoms with Crippen molar-refractivity contribution in [1.29, 1.82) is 0 Å². The lowest BCUT2D eigenvalue weighted by Gasteiger charge is -2.04. The van der Waals surface area contributed by atoms with Crippen LogP contribution < -0.4 is 4.72 Å². The molecule has 0 atom stereocenters.